The van der Waals surface area contributed by atoms with Gasteiger partial charge in [-0.2, -0.15) is 0 Å². The summed E-state index contributed by atoms with van der Waals surface area (Å²) < 4.78 is 5.36. The minimum atomic E-state index is -0.629. The number of urea groups is 1. The van der Waals surface area contributed by atoms with Gasteiger partial charge in [-0.05, 0) is 36.4 Å². The number of anilines is 2. The van der Waals surface area contributed by atoms with E-state index in [0.29, 0.717) is 11.6 Å². The highest BCUT2D eigenvalue weighted by molar-refractivity contribution is 7.99. The van der Waals surface area contributed by atoms with Gasteiger partial charge in [0.15, 0.2) is 0 Å². The van der Waals surface area contributed by atoms with E-state index in [1.54, 1.807) is 30.2 Å². The fourth-order valence-electron chi connectivity index (χ4n) is 2.29. The van der Waals surface area contributed by atoms with Crippen LogP contribution in [0.2, 0.25) is 0 Å². The molecule has 3 aromatic rings. The van der Waals surface area contributed by atoms with Gasteiger partial charge in [0.05, 0.1) is 11.4 Å². The number of hydrogen-bond acceptors (Lipinski definition) is 5. The van der Waals surface area contributed by atoms with E-state index in [9.17, 15) is 4.79 Å². The van der Waals surface area contributed by atoms with E-state index in [4.69, 9.17) is 10.3 Å². The van der Waals surface area contributed by atoms with Crippen molar-refractivity contribution >= 4 is 29.4 Å². The SMILES string of the molecule is CC(C)(C)c1cc(N(C(N)=O)c2ccc(Sc3ccncc3)cc2)on1. The quantitative estimate of drug-likeness (QED) is 0.719. The zero-order chi connectivity index (χ0) is 18.7. The van der Waals surface area contributed by atoms with Crippen molar-refractivity contribution in [2.24, 2.45) is 5.73 Å². The maximum atomic E-state index is 12.0. The van der Waals surface area contributed by atoms with Crippen LogP contribution in [0, 0.1) is 0 Å². The fraction of sp³-hybridized carbons (Fsp3) is 0.211. The molecule has 6 nitrogen and oxygen atoms in total. The first-order chi connectivity index (χ1) is 12.3. The maximum Gasteiger partial charge on any atom is 0.326 e. The highest BCUT2D eigenvalue weighted by Gasteiger charge is 2.24. The third kappa shape index (κ3) is 4.05. The Morgan fingerprint density at radius 1 is 1.08 bits per heavy atom. The second-order valence-corrected chi connectivity index (χ2v) is 7.90. The lowest BCUT2D eigenvalue weighted by molar-refractivity contribution is 0.254. The van der Waals surface area contributed by atoms with E-state index in [1.165, 1.54) is 4.90 Å². The monoisotopic (exact) mass is 368 g/mol. The smallest absolute Gasteiger partial charge is 0.326 e. The van der Waals surface area contributed by atoms with Crippen LogP contribution < -0.4 is 10.6 Å². The summed E-state index contributed by atoms with van der Waals surface area (Å²) in [5, 5.41) is 4.06. The number of benzene rings is 1. The molecule has 0 unspecified atom stereocenters. The Morgan fingerprint density at radius 3 is 2.23 bits per heavy atom. The van der Waals surface area contributed by atoms with Crippen molar-refractivity contribution < 1.29 is 9.32 Å². The topological polar surface area (TPSA) is 85.2 Å². The minimum absolute atomic E-state index is 0.184. The molecule has 0 fully saturated rings. The van der Waals surface area contributed by atoms with Crippen LogP contribution in [0.15, 0.2) is 69.2 Å². The van der Waals surface area contributed by atoms with Gasteiger partial charge < -0.3 is 10.3 Å². The molecular weight excluding hydrogens is 348 g/mol. The van der Waals surface area contributed by atoms with Crippen molar-refractivity contribution in [3.8, 4) is 0 Å². The summed E-state index contributed by atoms with van der Waals surface area (Å²) in [7, 11) is 0. The first-order valence-corrected chi connectivity index (χ1v) is 8.91. The van der Waals surface area contributed by atoms with Crippen LogP contribution in [-0.4, -0.2) is 16.2 Å². The molecule has 26 heavy (non-hydrogen) atoms. The van der Waals surface area contributed by atoms with Gasteiger partial charge >= 0.3 is 6.03 Å². The van der Waals surface area contributed by atoms with Crippen LogP contribution in [0.5, 0.6) is 0 Å². The second-order valence-electron chi connectivity index (χ2n) is 6.75. The Kier molecular flexibility index (Phi) is 4.99. The molecule has 3 rings (SSSR count). The van der Waals surface area contributed by atoms with Crippen molar-refractivity contribution in [2.45, 2.75) is 36.0 Å². The van der Waals surface area contributed by atoms with E-state index in [1.807, 2.05) is 57.2 Å². The van der Waals surface area contributed by atoms with Crippen LogP contribution in [0.25, 0.3) is 0 Å². The minimum Gasteiger partial charge on any atom is -0.351 e. The van der Waals surface area contributed by atoms with Crippen molar-refractivity contribution in [1.82, 2.24) is 10.1 Å². The third-order valence-corrected chi connectivity index (χ3v) is 4.70. The van der Waals surface area contributed by atoms with Gasteiger partial charge in [0.1, 0.15) is 0 Å². The Balaban J connectivity index is 1.85. The van der Waals surface area contributed by atoms with Gasteiger partial charge in [0, 0.05) is 33.7 Å². The van der Waals surface area contributed by atoms with E-state index in [-0.39, 0.29) is 5.41 Å². The molecule has 0 atom stereocenters. The van der Waals surface area contributed by atoms with Gasteiger partial charge in [-0.15, -0.1) is 0 Å². The largest absolute Gasteiger partial charge is 0.351 e. The number of pyridine rings is 1. The average Bonchev–Trinajstić information content (AvgIpc) is 3.07. The highest BCUT2D eigenvalue weighted by atomic mass is 32.2. The Bertz CT molecular complexity index is 886. The maximum absolute atomic E-state index is 12.0. The first kappa shape index (κ1) is 18.0. The molecule has 0 saturated heterocycles. The van der Waals surface area contributed by atoms with Crippen LogP contribution in [0.4, 0.5) is 16.4 Å². The second kappa shape index (κ2) is 7.21. The standard InChI is InChI=1S/C19H20N4O2S/c1-19(2,3)16-12-17(25-22-16)23(18(20)24)13-4-6-14(7-5-13)26-15-8-10-21-11-9-15/h4-12H,1-3H3,(H2,20,24). The fourth-order valence-corrected chi connectivity index (χ4v) is 3.10. The molecule has 0 aliphatic heterocycles. The van der Waals surface area contributed by atoms with E-state index in [0.717, 1.165) is 15.5 Å². The molecule has 0 spiro atoms. The Morgan fingerprint density at radius 2 is 1.69 bits per heavy atom. The highest BCUT2D eigenvalue weighted by Crippen LogP contribution is 2.33. The van der Waals surface area contributed by atoms with Crippen molar-refractivity contribution in [3.63, 3.8) is 0 Å². The third-order valence-electron chi connectivity index (χ3n) is 3.69. The predicted octanol–water partition coefficient (Wildman–Crippen LogP) is 4.74. The number of hydrogen-bond donors (Lipinski definition) is 1. The van der Waals surface area contributed by atoms with Gasteiger partial charge in [-0.3, -0.25) is 4.98 Å². The molecule has 2 heterocycles. The zero-order valence-electron chi connectivity index (χ0n) is 14.8. The summed E-state index contributed by atoms with van der Waals surface area (Å²) in [5.74, 6) is 0.303. The first-order valence-electron chi connectivity index (χ1n) is 8.09. The molecule has 0 saturated carbocycles. The average molecular weight is 368 g/mol. The summed E-state index contributed by atoms with van der Waals surface area (Å²) in [6, 6.07) is 12.5. The number of rotatable bonds is 4. The van der Waals surface area contributed by atoms with Crippen molar-refractivity contribution in [3.05, 3.63) is 60.6 Å². The number of nitrogens with two attached hydrogens (primary N) is 1. The Labute approximate surface area is 156 Å². The molecule has 0 radical (unpaired) electrons. The van der Waals surface area contributed by atoms with Crippen molar-refractivity contribution in [2.75, 3.05) is 4.90 Å². The molecule has 0 aliphatic carbocycles. The molecule has 0 aliphatic rings. The lowest BCUT2D eigenvalue weighted by Gasteiger charge is -2.17. The van der Waals surface area contributed by atoms with Crippen LogP contribution in [-0.2, 0) is 5.41 Å². The molecule has 1 aromatic carbocycles. The zero-order valence-corrected chi connectivity index (χ0v) is 15.7. The van der Waals surface area contributed by atoms with E-state index in [2.05, 4.69) is 10.1 Å². The number of aromatic nitrogens is 2. The number of amides is 2. The number of nitrogens with zero attached hydrogens (tertiary/aromatic N) is 3. The van der Waals surface area contributed by atoms with Crippen LogP contribution in [0.3, 0.4) is 0 Å². The molecule has 134 valence electrons. The molecule has 2 aromatic heterocycles. The van der Waals surface area contributed by atoms with Gasteiger partial charge in [0.25, 0.3) is 0 Å². The van der Waals surface area contributed by atoms with Gasteiger partial charge in [-0.1, -0.05) is 37.7 Å². The summed E-state index contributed by atoms with van der Waals surface area (Å²) in [6.07, 6.45) is 3.50. The van der Waals surface area contributed by atoms with E-state index < -0.39 is 6.03 Å². The summed E-state index contributed by atoms with van der Waals surface area (Å²) >= 11 is 1.61. The van der Waals surface area contributed by atoms with E-state index >= 15 is 0 Å². The number of carbonyl (C=O) groups is 1. The normalized spacial score (nSPS) is 11.3. The lowest BCUT2D eigenvalue weighted by Crippen LogP contribution is -2.31. The summed E-state index contributed by atoms with van der Waals surface area (Å²) in [5.41, 5.74) is 6.76. The molecule has 2 N–H and O–H groups in total. The van der Waals surface area contributed by atoms with Crippen molar-refractivity contribution in [1.29, 1.82) is 0 Å². The molecule has 7 heteroatoms. The Hall–Kier alpha value is -2.80. The summed E-state index contributed by atoms with van der Waals surface area (Å²) in [4.78, 5) is 19.4. The number of primary amides is 1. The van der Waals surface area contributed by atoms with Crippen LogP contribution in [0.1, 0.15) is 26.5 Å². The molecule has 2 amide bonds. The summed E-state index contributed by atoms with van der Waals surface area (Å²) in [6.45, 7) is 6.07. The van der Waals surface area contributed by atoms with Gasteiger partial charge in [-0.25, -0.2) is 9.69 Å². The predicted molar refractivity (Wildman–Crippen MR) is 102 cm³/mol. The van der Waals surface area contributed by atoms with Crippen LogP contribution >= 0.6 is 11.8 Å². The lowest BCUT2D eigenvalue weighted by atomic mass is 9.92. The molecule has 0 bridgehead atoms. The molecular formula is C19H20N4O2S. The number of carbonyl (C=O) groups excluding carboxylic acids is 1. The van der Waals surface area contributed by atoms with Gasteiger partial charge in [0.2, 0.25) is 5.88 Å².